The van der Waals surface area contributed by atoms with E-state index in [2.05, 4.69) is 5.10 Å². The number of carbonyl (C=O) groups is 1. The average Bonchev–Trinajstić information content (AvgIpc) is 2.66. The van der Waals surface area contributed by atoms with E-state index >= 15 is 0 Å². The van der Waals surface area contributed by atoms with Gasteiger partial charge in [0, 0.05) is 18.1 Å². The first-order valence-electron chi connectivity index (χ1n) is 6.83. The highest BCUT2D eigenvalue weighted by molar-refractivity contribution is 5.91. The van der Waals surface area contributed by atoms with Crippen LogP contribution in [0.2, 0.25) is 0 Å². The van der Waals surface area contributed by atoms with Crippen molar-refractivity contribution in [1.29, 1.82) is 0 Å². The number of aliphatic hydroxyl groups is 1. The Morgan fingerprint density at radius 3 is 2.50 bits per heavy atom. The van der Waals surface area contributed by atoms with Crippen molar-refractivity contribution < 1.29 is 23.1 Å². The average molecular weight is 294 g/mol. The predicted octanol–water partition coefficient (Wildman–Crippen LogP) is 3.06. The summed E-state index contributed by atoms with van der Waals surface area (Å²) in [7, 11) is 0. The van der Waals surface area contributed by atoms with Gasteiger partial charge in [0.25, 0.3) is 5.72 Å². The zero-order valence-corrected chi connectivity index (χ0v) is 12.0. The van der Waals surface area contributed by atoms with Gasteiger partial charge in [0.1, 0.15) is 0 Å². The molecular weight excluding hydrogens is 273 g/mol. The normalized spacial score (nSPS) is 23.4. The van der Waals surface area contributed by atoms with Crippen LogP contribution >= 0.6 is 0 Å². The summed E-state index contributed by atoms with van der Waals surface area (Å²) >= 11 is 0. The van der Waals surface area contributed by atoms with E-state index in [9.17, 15) is 23.1 Å². The fourth-order valence-corrected chi connectivity index (χ4v) is 2.03. The van der Waals surface area contributed by atoms with E-state index in [0.717, 1.165) is 12.8 Å². The maximum Gasteiger partial charge on any atom is 0.438 e. The van der Waals surface area contributed by atoms with E-state index in [0.29, 0.717) is 12.8 Å². The Labute approximate surface area is 116 Å². The molecule has 1 heterocycles. The van der Waals surface area contributed by atoms with Gasteiger partial charge < -0.3 is 5.11 Å². The van der Waals surface area contributed by atoms with Crippen molar-refractivity contribution in [1.82, 2.24) is 5.01 Å². The molecule has 0 saturated carbocycles. The van der Waals surface area contributed by atoms with Gasteiger partial charge in [-0.3, -0.25) is 4.79 Å². The maximum atomic E-state index is 13.1. The number of carbonyl (C=O) groups excluding carboxylic acids is 1. The number of hydrazone groups is 1. The van der Waals surface area contributed by atoms with Crippen LogP contribution in [0.3, 0.4) is 0 Å². The molecule has 20 heavy (non-hydrogen) atoms. The monoisotopic (exact) mass is 294 g/mol. The van der Waals surface area contributed by atoms with E-state index in [1.165, 1.54) is 13.8 Å². The molecule has 0 aromatic rings. The molecule has 7 heteroatoms. The highest BCUT2D eigenvalue weighted by Gasteiger charge is 2.63. The zero-order chi connectivity index (χ0) is 15.6. The maximum absolute atomic E-state index is 13.1. The summed E-state index contributed by atoms with van der Waals surface area (Å²) in [6.07, 6.45) is -2.69. The number of nitrogens with zero attached hydrogens (tertiary/aromatic N) is 2. The number of rotatable bonds is 5. The van der Waals surface area contributed by atoms with Gasteiger partial charge >= 0.3 is 6.18 Å². The van der Waals surface area contributed by atoms with Crippen LogP contribution < -0.4 is 0 Å². The first-order valence-corrected chi connectivity index (χ1v) is 6.83. The lowest BCUT2D eigenvalue weighted by Crippen LogP contribution is -2.57. The number of halogens is 3. The van der Waals surface area contributed by atoms with Gasteiger partial charge in [-0.25, -0.2) is 0 Å². The lowest BCUT2D eigenvalue weighted by Gasteiger charge is -2.33. The first-order chi connectivity index (χ1) is 9.13. The summed E-state index contributed by atoms with van der Waals surface area (Å²) in [5.41, 5.74) is -2.97. The molecule has 1 atom stereocenters. The summed E-state index contributed by atoms with van der Waals surface area (Å²) in [4.78, 5) is 11.8. The molecule has 1 aliphatic rings. The Balaban J connectivity index is 2.95. The van der Waals surface area contributed by atoms with Crippen molar-refractivity contribution >= 4 is 11.6 Å². The van der Waals surface area contributed by atoms with Crippen molar-refractivity contribution in [3.63, 3.8) is 0 Å². The molecule has 0 spiro atoms. The van der Waals surface area contributed by atoms with Crippen molar-refractivity contribution in [2.24, 2.45) is 11.0 Å². The highest BCUT2D eigenvalue weighted by atomic mass is 19.4. The van der Waals surface area contributed by atoms with Crippen molar-refractivity contribution in [2.45, 2.75) is 64.8 Å². The molecule has 116 valence electrons. The van der Waals surface area contributed by atoms with Gasteiger partial charge in [-0.15, -0.1) is 0 Å². The van der Waals surface area contributed by atoms with E-state index in [1.54, 1.807) is 0 Å². The van der Waals surface area contributed by atoms with Gasteiger partial charge in [-0.1, -0.05) is 33.6 Å². The lowest BCUT2D eigenvalue weighted by atomic mass is 10.0. The number of hydrogen-bond acceptors (Lipinski definition) is 3. The summed E-state index contributed by atoms with van der Waals surface area (Å²) in [6, 6.07) is 0. The molecule has 1 rings (SSSR count). The van der Waals surface area contributed by atoms with Crippen molar-refractivity contribution in [2.75, 3.05) is 0 Å². The molecule has 1 amide bonds. The molecule has 1 N–H and O–H groups in total. The van der Waals surface area contributed by atoms with Crippen LogP contribution in [0.25, 0.3) is 0 Å². The van der Waals surface area contributed by atoms with E-state index < -0.39 is 30.1 Å². The van der Waals surface area contributed by atoms with Crippen molar-refractivity contribution in [3.05, 3.63) is 0 Å². The minimum atomic E-state index is -4.92. The summed E-state index contributed by atoms with van der Waals surface area (Å²) in [5.74, 6) is -1.49. The largest absolute Gasteiger partial charge is 0.438 e. The van der Waals surface area contributed by atoms with Gasteiger partial charge in [0.05, 0.1) is 0 Å². The molecule has 0 radical (unpaired) electrons. The smallest absolute Gasteiger partial charge is 0.362 e. The third-order valence-electron chi connectivity index (χ3n) is 3.27. The zero-order valence-electron chi connectivity index (χ0n) is 12.0. The third-order valence-corrected chi connectivity index (χ3v) is 3.27. The van der Waals surface area contributed by atoms with Crippen LogP contribution in [0.4, 0.5) is 13.2 Å². The minimum Gasteiger partial charge on any atom is -0.362 e. The molecule has 0 aromatic heterocycles. The third kappa shape index (κ3) is 3.31. The molecule has 0 fully saturated rings. The van der Waals surface area contributed by atoms with E-state index in [1.807, 2.05) is 6.92 Å². The van der Waals surface area contributed by atoms with Crippen LogP contribution in [0, 0.1) is 5.92 Å². The van der Waals surface area contributed by atoms with Crippen LogP contribution in [-0.2, 0) is 4.79 Å². The Bertz CT molecular complexity index is 394. The summed E-state index contributed by atoms with van der Waals surface area (Å²) < 4.78 is 39.2. The predicted molar refractivity (Wildman–Crippen MR) is 68.9 cm³/mol. The number of hydrogen-bond donors (Lipinski definition) is 1. The highest BCUT2D eigenvalue weighted by Crippen LogP contribution is 2.41. The molecule has 0 saturated heterocycles. The van der Waals surface area contributed by atoms with Gasteiger partial charge in [-0.05, 0) is 12.8 Å². The summed E-state index contributed by atoms with van der Waals surface area (Å²) in [5, 5.41) is 13.9. The van der Waals surface area contributed by atoms with Gasteiger partial charge in [0.2, 0.25) is 5.91 Å². The molecular formula is C13H21F3N2O2. The van der Waals surface area contributed by atoms with Gasteiger partial charge in [-0.2, -0.15) is 23.3 Å². The standard InChI is InChI=1S/C13H21F3N2O2/c1-4-5-6-7-10-8-12(20,13(14,15)16)18(17-10)11(19)9(2)3/h9,20H,4-8H2,1-3H3. The number of amides is 1. The molecule has 0 bridgehead atoms. The number of unbranched alkanes of at least 4 members (excludes halogenated alkanes) is 2. The molecule has 0 aliphatic carbocycles. The molecule has 0 aromatic carbocycles. The second-order valence-corrected chi connectivity index (χ2v) is 5.42. The SMILES string of the molecule is CCCCCC1=NN(C(=O)C(C)C)C(O)(C(F)(F)F)C1. The van der Waals surface area contributed by atoms with Crippen LogP contribution in [0.1, 0.15) is 52.9 Å². The van der Waals surface area contributed by atoms with Crippen LogP contribution in [-0.4, -0.2) is 33.6 Å². The quantitative estimate of drug-likeness (QED) is 0.792. The Hall–Kier alpha value is -1.11. The molecule has 1 unspecified atom stereocenters. The fraction of sp³-hybridized carbons (Fsp3) is 0.846. The fourth-order valence-electron chi connectivity index (χ4n) is 2.03. The second-order valence-electron chi connectivity index (χ2n) is 5.42. The Morgan fingerprint density at radius 2 is 2.05 bits per heavy atom. The minimum absolute atomic E-state index is 0.221. The molecule has 1 aliphatic heterocycles. The van der Waals surface area contributed by atoms with Gasteiger partial charge in [0.15, 0.2) is 0 Å². The van der Waals surface area contributed by atoms with Crippen molar-refractivity contribution in [3.8, 4) is 0 Å². The second kappa shape index (κ2) is 6.11. The van der Waals surface area contributed by atoms with Crippen LogP contribution in [0.15, 0.2) is 5.10 Å². The van der Waals surface area contributed by atoms with E-state index in [-0.39, 0.29) is 10.7 Å². The number of alkyl halides is 3. The lowest BCUT2D eigenvalue weighted by molar-refractivity contribution is -0.303. The van der Waals surface area contributed by atoms with E-state index in [4.69, 9.17) is 0 Å². The summed E-state index contributed by atoms with van der Waals surface area (Å²) in [6.45, 7) is 4.94. The molecule has 4 nitrogen and oxygen atoms in total. The Morgan fingerprint density at radius 1 is 1.45 bits per heavy atom. The first kappa shape index (κ1) is 16.9. The topological polar surface area (TPSA) is 52.9 Å². The van der Waals surface area contributed by atoms with Crippen LogP contribution in [0.5, 0.6) is 0 Å². The Kier molecular flexibility index (Phi) is 5.18.